The van der Waals surface area contributed by atoms with Gasteiger partial charge in [0.25, 0.3) is 5.91 Å². The number of nitrogens with one attached hydrogen (secondary N) is 1. The van der Waals surface area contributed by atoms with Crippen molar-refractivity contribution >= 4 is 58.0 Å². The first kappa shape index (κ1) is 19.9. The number of hydrogen-bond donors (Lipinski definition) is 1. The van der Waals surface area contributed by atoms with Gasteiger partial charge in [-0.3, -0.25) is 4.79 Å². The van der Waals surface area contributed by atoms with Gasteiger partial charge in [-0.2, -0.15) is 5.10 Å². The Morgan fingerprint density at radius 1 is 1.04 bits per heavy atom. The molecule has 1 amide bonds. The summed E-state index contributed by atoms with van der Waals surface area (Å²) in [6.07, 6.45) is 0.575. The molecular formula is C17H14Cl4N2O2. The number of hydrogen-bond acceptors (Lipinski definition) is 3. The van der Waals surface area contributed by atoms with E-state index in [0.29, 0.717) is 43.5 Å². The van der Waals surface area contributed by atoms with E-state index in [9.17, 15) is 4.79 Å². The average Bonchev–Trinajstić information content (AvgIpc) is 2.56. The van der Waals surface area contributed by atoms with Crippen molar-refractivity contribution in [1.29, 1.82) is 0 Å². The van der Waals surface area contributed by atoms with Gasteiger partial charge in [-0.15, -0.1) is 0 Å². The van der Waals surface area contributed by atoms with Crippen molar-refractivity contribution in [2.75, 3.05) is 6.61 Å². The van der Waals surface area contributed by atoms with Crippen LogP contribution in [-0.2, 0) is 4.79 Å². The van der Waals surface area contributed by atoms with Gasteiger partial charge < -0.3 is 4.74 Å². The minimum Gasteiger partial charge on any atom is -0.482 e. The quantitative estimate of drug-likeness (QED) is 0.488. The zero-order valence-corrected chi connectivity index (χ0v) is 16.2. The van der Waals surface area contributed by atoms with Crippen LogP contribution in [0.5, 0.6) is 5.75 Å². The first-order valence-corrected chi connectivity index (χ1v) is 8.80. The molecule has 0 saturated carbocycles. The molecule has 132 valence electrons. The maximum Gasteiger partial charge on any atom is 0.277 e. The van der Waals surface area contributed by atoms with Gasteiger partial charge >= 0.3 is 0 Å². The van der Waals surface area contributed by atoms with E-state index in [-0.39, 0.29) is 6.61 Å². The second kappa shape index (κ2) is 9.30. The summed E-state index contributed by atoms with van der Waals surface area (Å²) in [6.45, 7) is 1.66. The molecule has 0 saturated heterocycles. The molecule has 0 spiro atoms. The first-order chi connectivity index (χ1) is 11.9. The third-order valence-corrected chi connectivity index (χ3v) is 4.22. The topological polar surface area (TPSA) is 50.7 Å². The van der Waals surface area contributed by atoms with E-state index < -0.39 is 5.91 Å². The highest BCUT2D eigenvalue weighted by Crippen LogP contribution is 2.27. The molecule has 0 heterocycles. The van der Waals surface area contributed by atoms with Gasteiger partial charge in [-0.05, 0) is 36.8 Å². The SMILES string of the molecule is CCC(=NNC(=O)COc1ccc(Cl)cc1Cl)c1ccc(Cl)cc1Cl. The van der Waals surface area contributed by atoms with Gasteiger partial charge in [-0.1, -0.05) is 59.4 Å². The van der Waals surface area contributed by atoms with Crippen LogP contribution in [0.1, 0.15) is 18.9 Å². The molecule has 25 heavy (non-hydrogen) atoms. The van der Waals surface area contributed by atoms with Crippen molar-refractivity contribution in [3.8, 4) is 5.75 Å². The van der Waals surface area contributed by atoms with Gasteiger partial charge in [0, 0.05) is 15.6 Å². The molecule has 2 aromatic rings. The molecular weight excluding hydrogens is 406 g/mol. The zero-order chi connectivity index (χ0) is 18.4. The predicted octanol–water partition coefficient (Wildman–Crippen LogP) is 5.61. The van der Waals surface area contributed by atoms with Gasteiger partial charge in [-0.25, -0.2) is 5.43 Å². The summed E-state index contributed by atoms with van der Waals surface area (Å²) in [6, 6.07) is 9.83. The Labute approximate surface area is 165 Å². The highest BCUT2D eigenvalue weighted by molar-refractivity contribution is 6.37. The van der Waals surface area contributed by atoms with E-state index in [1.165, 1.54) is 6.07 Å². The first-order valence-electron chi connectivity index (χ1n) is 7.29. The number of carbonyl (C=O) groups is 1. The molecule has 8 heteroatoms. The molecule has 4 nitrogen and oxygen atoms in total. The second-order valence-corrected chi connectivity index (χ2v) is 6.62. The normalized spacial score (nSPS) is 11.3. The van der Waals surface area contributed by atoms with Crippen LogP contribution in [0.25, 0.3) is 0 Å². The van der Waals surface area contributed by atoms with Crippen LogP contribution in [0.15, 0.2) is 41.5 Å². The smallest absolute Gasteiger partial charge is 0.277 e. The van der Waals surface area contributed by atoms with E-state index in [2.05, 4.69) is 10.5 Å². The predicted molar refractivity (Wildman–Crippen MR) is 103 cm³/mol. The highest BCUT2D eigenvalue weighted by atomic mass is 35.5. The van der Waals surface area contributed by atoms with Crippen molar-refractivity contribution in [3.63, 3.8) is 0 Å². The largest absolute Gasteiger partial charge is 0.482 e. The van der Waals surface area contributed by atoms with Crippen molar-refractivity contribution in [1.82, 2.24) is 5.43 Å². The summed E-state index contributed by atoms with van der Waals surface area (Å²) >= 11 is 23.8. The molecule has 2 aromatic carbocycles. The molecule has 0 radical (unpaired) electrons. The third kappa shape index (κ3) is 5.79. The third-order valence-electron chi connectivity index (χ3n) is 3.15. The zero-order valence-electron chi connectivity index (χ0n) is 13.2. The number of nitrogens with zero attached hydrogens (tertiary/aromatic N) is 1. The molecule has 1 N–H and O–H groups in total. The number of hydrazone groups is 1. The minimum absolute atomic E-state index is 0.240. The Kier molecular flexibility index (Phi) is 7.38. The number of carbonyl (C=O) groups excluding carboxylic acids is 1. The van der Waals surface area contributed by atoms with E-state index in [1.54, 1.807) is 30.3 Å². The fraction of sp³-hybridized carbons (Fsp3) is 0.176. The van der Waals surface area contributed by atoms with Crippen LogP contribution in [0.2, 0.25) is 20.1 Å². The summed E-state index contributed by atoms with van der Waals surface area (Å²) in [4.78, 5) is 11.9. The van der Waals surface area contributed by atoms with E-state index in [4.69, 9.17) is 51.1 Å². The maximum absolute atomic E-state index is 11.9. The molecule has 0 unspecified atom stereocenters. The van der Waals surface area contributed by atoms with Crippen LogP contribution >= 0.6 is 46.4 Å². The lowest BCUT2D eigenvalue weighted by molar-refractivity contribution is -0.123. The lowest BCUT2D eigenvalue weighted by Gasteiger charge is -2.09. The minimum atomic E-state index is -0.429. The van der Waals surface area contributed by atoms with Gasteiger partial charge in [0.15, 0.2) is 6.61 Å². The van der Waals surface area contributed by atoms with Gasteiger partial charge in [0.05, 0.1) is 15.8 Å². The van der Waals surface area contributed by atoms with Crippen molar-refractivity contribution in [2.45, 2.75) is 13.3 Å². The molecule has 0 atom stereocenters. The fourth-order valence-corrected chi connectivity index (χ4v) is 2.93. The summed E-state index contributed by atoms with van der Waals surface area (Å²) in [7, 11) is 0. The molecule has 0 aliphatic rings. The average molecular weight is 420 g/mol. The lowest BCUT2D eigenvalue weighted by Crippen LogP contribution is -2.26. The summed E-state index contributed by atoms with van der Waals surface area (Å²) in [5, 5.41) is 5.91. The number of benzene rings is 2. The maximum atomic E-state index is 11.9. The van der Waals surface area contributed by atoms with E-state index in [1.807, 2.05) is 6.92 Å². The van der Waals surface area contributed by atoms with Crippen LogP contribution in [0.3, 0.4) is 0 Å². The van der Waals surface area contributed by atoms with Crippen LogP contribution < -0.4 is 10.2 Å². The summed E-state index contributed by atoms with van der Waals surface area (Å²) in [5.41, 5.74) is 3.77. The Hall–Kier alpha value is -1.46. The molecule has 2 rings (SSSR count). The molecule has 0 fully saturated rings. The van der Waals surface area contributed by atoms with Gasteiger partial charge in [0.2, 0.25) is 0 Å². The number of rotatable bonds is 6. The van der Waals surface area contributed by atoms with Gasteiger partial charge in [0.1, 0.15) is 5.75 Å². The lowest BCUT2D eigenvalue weighted by atomic mass is 10.1. The fourth-order valence-electron chi connectivity index (χ4n) is 1.95. The summed E-state index contributed by atoms with van der Waals surface area (Å²) < 4.78 is 5.35. The Morgan fingerprint density at radius 3 is 2.28 bits per heavy atom. The van der Waals surface area contributed by atoms with E-state index >= 15 is 0 Å². The van der Waals surface area contributed by atoms with Crippen molar-refractivity contribution in [3.05, 3.63) is 62.1 Å². The van der Waals surface area contributed by atoms with Crippen LogP contribution in [-0.4, -0.2) is 18.2 Å². The molecule has 0 aromatic heterocycles. The molecule has 0 aliphatic carbocycles. The highest BCUT2D eigenvalue weighted by Gasteiger charge is 2.10. The van der Waals surface area contributed by atoms with E-state index in [0.717, 1.165) is 0 Å². The van der Waals surface area contributed by atoms with Crippen LogP contribution in [0, 0.1) is 0 Å². The molecule has 0 aliphatic heterocycles. The number of halogens is 4. The summed E-state index contributed by atoms with van der Waals surface area (Å²) in [5.74, 6) is -0.0660. The second-order valence-electron chi connectivity index (χ2n) is 4.93. The van der Waals surface area contributed by atoms with Crippen LogP contribution in [0.4, 0.5) is 0 Å². The standard InChI is InChI=1S/C17H14Cl4N2O2/c1-2-15(12-5-3-10(18)7-13(12)20)22-23-17(24)9-25-16-6-4-11(19)8-14(16)21/h3-8H,2,9H2,1H3,(H,23,24). The Morgan fingerprint density at radius 2 is 1.68 bits per heavy atom. The monoisotopic (exact) mass is 418 g/mol. The Balaban J connectivity index is 2.00. The van der Waals surface area contributed by atoms with Crippen molar-refractivity contribution in [2.24, 2.45) is 5.10 Å². The Bertz CT molecular complexity index is 809. The number of amides is 1. The molecule has 0 bridgehead atoms. The number of ether oxygens (including phenoxy) is 1. The van der Waals surface area contributed by atoms with Crippen molar-refractivity contribution < 1.29 is 9.53 Å².